The van der Waals surface area contributed by atoms with E-state index in [0.29, 0.717) is 12.1 Å². The van der Waals surface area contributed by atoms with Crippen LogP contribution in [0.3, 0.4) is 0 Å². The van der Waals surface area contributed by atoms with Crippen molar-refractivity contribution in [3.8, 4) is 0 Å². The molecule has 1 amide bonds. The van der Waals surface area contributed by atoms with E-state index in [9.17, 15) is 13.2 Å². The van der Waals surface area contributed by atoms with Gasteiger partial charge in [-0.3, -0.25) is 9.78 Å². The van der Waals surface area contributed by atoms with Crippen LogP contribution in [0.1, 0.15) is 23.6 Å². The van der Waals surface area contributed by atoms with Crippen LogP contribution < -0.4 is 10.0 Å². The van der Waals surface area contributed by atoms with Crippen LogP contribution in [0, 0.1) is 13.8 Å². The van der Waals surface area contributed by atoms with E-state index in [1.807, 2.05) is 13.0 Å². The van der Waals surface area contributed by atoms with Gasteiger partial charge in [0.25, 0.3) is 0 Å². The molecule has 0 saturated heterocycles. The highest BCUT2D eigenvalue weighted by Crippen LogP contribution is 2.16. The third-order valence-electron chi connectivity index (χ3n) is 3.53. The van der Waals surface area contributed by atoms with E-state index in [2.05, 4.69) is 15.0 Å². The van der Waals surface area contributed by atoms with Crippen LogP contribution in [0.4, 0.5) is 0 Å². The zero-order chi connectivity index (χ0) is 17.7. The molecule has 1 aromatic heterocycles. The van der Waals surface area contributed by atoms with Gasteiger partial charge in [-0.05, 0) is 44.0 Å². The highest BCUT2D eigenvalue weighted by molar-refractivity contribution is 7.89. The first-order chi connectivity index (χ1) is 11.3. The average Bonchev–Trinajstić information content (AvgIpc) is 2.52. The van der Waals surface area contributed by atoms with Crippen LogP contribution in [-0.2, 0) is 21.4 Å². The number of pyridine rings is 1. The normalized spacial score (nSPS) is 12.6. The summed E-state index contributed by atoms with van der Waals surface area (Å²) in [5.41, 5.74) is 2.47. The molecule has 0 fully saturated rings. The zero-order valence-electron chi connectivity index (χ0n) is 13.9. The number of hydrogen-bond acceptors (Lipinski definition) is 4. The Balaban J connectivity index is 2.02. The molecule has 0 aliphatic rings. The fourth-order valence-corrected chi connectivity index (χ4v) is 3.72. The van der Waals surface area contributed by atoms with Gasteiger partial charge in [-0.2, -0.15) is 4.72 Å². The topological polar surface area (TPSA) is 88.2 Å². The lowest BCUT2D eigenvalue weighted by molar-refractivity contribution is -0.122. The van der Waals surface area contributed by atoms with Gasteiger partial charge in [0, 0.05) is 18.9 Å². The molecular weight excluding hydrogens is 326 g/mol. The lowest BCUT2D eigenvalue weighted by atomic mass is 10.2. The fourth-order valence-electron chi connectivity index (χ4n) is 2.30. The Hall–Kier alpha value is -2.25. The monoisotopic (exact) mass is 347 g/mol. The molecular formula is C17H21N3O3S. The minimum absolute atomic E-state index is 0.181. The first-order valence-electron chi connectivity index (χ1n) is 7.56. The van der Waals surface area contributed by atoms with Gasteiger partial charge in [0.2, 0.25) is 15.9 Å². The summed E-state index contributed by atoms with van der Waals surface area (Å²) in [5.74, 6) is -0.396. The number of nitrogens with zero attached hydrogens (tertiary/aromatic N) is 1. The number of aromatic nitrogens is 1. The minimum atomic E-state index is -3.76. The summed E-state index contributed by atoms with van der Waals surface area (Å²) in [7, 11) is -3.76. The highest BCUT2D eigenvalue weighted by atomic mass is 32.2. The van der Waals surface area contributed by atoms with Gasteiger partial charge in [0.05, 0.1) is 10.9 Å². The third kappa shape index (κ3) is 4.62. The van der Waals surface area contributed by atoms with E-state index in [1.54, 1.807) is 43.6 Å². The van der Waals surface area contributed by atoms with Crippen LogP contribution in [0.25, 0.3) is 0 Å². The lowest BCUT2D eigenvalue weighted by Gasteiger charge is -2.15. The standard InChI is InChI=1S/C17H21N3O3S/c1-12-6-7-16(13(2)9-12)24(22,23)20-14(3)17(21)19-11-15-5-4-8-18-10-15/h4-10,14,20H,11H2,1-3H3,(H,19,21)/t14-/m0/s1. The van der Waals surface area contributed by atoms with Crippen LogP contribution in [0.2, 0.25) is 0 Å². The maximum atomic E-state index is 12.5. The molecule has 2 N–H and O–H groups in total. The van der Waals surface area contributed by atoms with Crippen LogP contribution in [-0.4, -0.2) is 25.4 Å². The van der Waals surface area contributed by atoms with Crippen molar-refractivity contribution in [3.05, 3.63) is 59.4 Å². The first kappa shape index (κ1) is 18.1. The van der Waals surface area contributed by atoms with Crippen molar-refractivity contribution in [1.29, 1.82) is 0 Å². The summed E-state index contributed by atoms with van der Waals surface area (Å²) in [5, 5.41) is 2.69. The molecule has 6 nitrogen and oxygen atoms in total. The molecule has 0 bridgehead atoms. The summed E-state index contributed by atoms with van der Waals surface area (Å²) < 4.78 is 27.3. The lowest BCUT2D eigenvalue weighted by Crippen LogP contribution is -2.44. The molecule has 7 heteroatoms. The number of aryl methyl sites for hydroxylation is 2. The zero-order valence-corrected chi connectivity index (χ0v) is 14.7. The predicted octanol–water partition coefficient (Wildman–Crippen LogP) is 1.68. The van der Waals surface area contributed by atoms with E-state index in [4.69, 9.17) is 0 Å². The van der Waals surface area contributed by atoms with Crippen molar-refractivity contribution in [1.82, 2.24) is 15.0 Å². The molecule has 0 aliphatic heterocycles. The quantitative estimate of drug-likeness (QED) is 0.832. The molecule has 2 aromatic rings. The SMILES string of the molecule is Cc1ccc(S(=O)(=O)N[C@@H](C)C(=O)NCc2cccnc2)c(C)c1. The fraction of sp³-hybridized carbons (Fsp3) is 0.294. The van der Waals surface area contributed by atoms with Gasteiger partial charge in [-0.25, -0.2) is 8.42 Å². The maximum Gasteiger partial charge on any atom is 0.241 e. The number of sulfonamides is 1. The summed E-state index contributed by atoms with van der Waals surface area (Å²) >= 11 is 0. The van der Waals surface area contributed by atoms with Crippen LogP contribution >= 0.6 is 0 Å². The molecule has 24 heavy (non-hydrogen) atoms. The Morgan fingerprint density at radius 2 is 2.00 bits per heavy atom. The van der Waals surface area contributed by atoms with Crippen LogP contribution in [0.15, 0.2) is 47.6 Å². The number of rotatable bonds is 6. The van der Waals surface area contributed by atoms with E-state index >= 15 is 0 Å². The van der Waals surface area contributed by atoms with E-state index in [-0.39, 0.29) is 4.90 Å². The van der Waals surface area contributed by atoms with Gasteiger partial charge in [0.1, 0.15) is 0 Å². The average molecular weight is 347 g/mol. The van der Waals surface area contributed by atoms with Crippen molar-refractivity contribution in [2.75, 3.05) is 0 Å². The molecule has 0 unspecified atom stereocenters. The molecule has 0 spiro atoms. The van der Waals surface area contributed by atoms with Gasteiger partial charge < -0.3 is 5.32 Å². The Morgan fingerprint density at radius 1 is 1.25 bits per heavy atom. The summed E-state index contributed by atoms with van der Waals surface area (Å²) in [6.45, 7) is 5.43. The first-order valence-corrected chi connectivity index (χ1v) is 9.04. The smallest absolute Gasteiger partial charge is 0.241 e. The Bertz CT molecular complexity index is 820. The molecule has 128 valence electrons. The second-order valence-corrected chi connectivity index (χ2v) is 7.37. The highest BCUT2D eigenvalue weighted by Gasteiger charge is 2.23. The maximum absolute atomic E-state index is 12.5. The van der Waals surface area contributed by atoms with Crippen molar-refractivity contribution in [2.45, 2.75) is 38.3 Å². The Labute approximate surface area is 142 Å². The second kappa shape index (κ2) is 7.55. The number of carbonyl (C=O) groups is 1. The summed E-state index contributed by atoms with van der Waals surface area (Å²) in [6, 6.07) is 7.79. The van der Waals surface area contributed by atoms with Gasteiger partial charge in [0.15, 0.2) is 0 Å². The molecule has 0 saturated carbocycles. The minimum Gasteiger partial charge on any atom is -0.351 e. The van der Waals surface area contributed by atoms with Gasteiger partial charge in [-0.15, -0.1) is 0 Å². The Kier molecular flexibility index (Phi) is 5.69. The number of benzene rings is 1. The van der Waals surface area contributed by atoms with Crippen molar-refractivity contribution >= 4 is 15.9 Å². The van der Waals surface area contributed by atoms with Gasteiger partial charge >= 0.3 is 0 Å². The van der Waals surface area contributed by atoms with Crippen LogP contribution in [0.5, 0.6) is 0 Å². The summed E-state index contributed by atoms with van der Waals surface area (Å²) in [6.07, 6.45) is 3.29. The third-order valence-corrected chi connectivity index (χ3v) is 5.24. The van der Waals surface area contributed by atoms with E-state index < -0.39 is 22.0 Å². The number of amides is 1. The predicted molar refractivity (Wildman–Crippen MR) is 91.8 cm³/mol. The van der Waals surface area contributed by atoms with E-state index in [1.165, 1.54) is 6.92 Å². The Morgan fingerprint density at radius 3 is 2.62 bits per heavy atom. The van der Waals surface area contributed by atoms with Crippen molar-refractivity contribution in [2.24, 2.45) is 0 Å². The molecule has 2 rings (SSSR count). The van der Waals surface area contributed by atoms with E-state index in [0.717, 1.165) is 11.1 Å². The summed E-state index contributed by atoms with van der Waals surface area (Å²) in [4.78, 5) is 16.2. The largest absolute Gasteiger partial charge is 0.351 e. The molecule has 1 aromatic carbocycles. The number of carbonyl (C=O) groups excluding carboxylic acids is 1. The van der Waals surface area contributed by atoms with Gasteiger partial charge in [-0.1, -0.05) is 23.8 Å². The molecule has 1 heterocycles. The second-order valence-electron chi connectivity index (χ2n) is 5.69. The van der Waals surface area contributed by atoms with Crippen molar-refractivity contribution in [3.63, 3.8) is 0 Å². The molecule has 0 radical (unpaired) electrons. The molecule has 1 atom stereocenters. The number of nitrogens with one attached hydrogen (secondary N) is 2. The number of hydrogen-bond donors (Lipinski definition) is 2. The molecule has 0 aliphatic carbocycles. The van der Waals surface area contributed by atoms with Crippen molar-refractivity contribution < 1.29 is 13.2 Å².